The Morgan fingerprint density at radius 3 is 3.20 bits per heavy atom. The van der Waals surface area contributed by atoms with Gasteiger partial charge in [-0.2, -0.15) is 0 Å². The van der Waals surface area contributed by atoms with Crippen LogP contribution in [0.4, 0.5) is 5.69 Å². The van der Waals surface area contributed by atoms with Crippen molar-refractivity contribution in [2.75, 3.05) is 12.3 Å². The molecule has 0 aliphatic carbocycles. The molecule has 2 heterocycles. The lowest BCUT2D eigenvalue weighted by molar-refractivity contribution is -0.0236. The second-order valence-corrected chi connectivity index (χ2v) is 4.71. The summed E-state index contributed by atoms with van der Waals surface area (Å²) >= 11 is 0. The Balaban J connectivity index is 2.05. The Morgan fingerprint density at radius 1 is 1.60 bits per heavy atom. The van der Waals surface area contributed by atoms with Gasteiger partial charge >= 0.3 is 0 Å². The van der Waals surface area contributed by atoms with Gasteiger partial charge < -0.3 is 20.1 Å². The predicted molar refractivity (Wildman–Crippen MR) is 72.7 cm³/mol. The number of hydrogen-bond donors (Lipinski definition) is 2. The summed E-state index contributed by atoms with van der Waals surface area (Å²) in [6.45, 7) is -0.108. The first kappa shape index (κ1) is 12.7. The van der Waals surface area contributed by atoms with E-state index < -0.39 is 6.23 Å². The van der Waals surface area contributed by atoms with Crippen molar-refractivity contribution in [3.63, 3.8) is 0 Å². The van der Waals surface area contributed by atoms with E-state index in [0.717, 1.165) is 5.52 Å². The van der Waals surface area contributed by atoms with E-state index in [9.17, 15) is 5.11 Å². The number of aromatic nitrogens is 2. The summed E-state index contributed by atoms with van der Waals surface area (Å²) in [5.41, 5.74) is 16.6. The molecule has 0 saturated carbocycles. The number of aliphatic hydroxyl groups is 1. The highest BCUT2D eigenvalue weighted by Gasteiger charge is 2.36. The van der Waals surface area contributed by atoms with Crippen LogP contribution in [0.25, 0.3) is 21.5 Å². The van der Waals surface area contributed by atoms with Crippen LogP contribution in [0.1, 0.15) is 12.6 Å². The highest BCUT2D eigenvalue weighted by atomic mass is 16.5. The van der Waals surface area contributed by atoms with E-state index in [1.807, 2.05) is 12.1 Å². The van der Waals surface area contributed by atoms with E-state index >= 15 is 0 Å². The summed E-state index contributed by atoms with van der Waals surface area (Å²) in [5, 5.41) is 13.0. The smallest absolute Gasteiger partial charge is 0.144 e. The maximum Gasteiger partial charge on any atom is 0.144 e. The van der Waals surface area contributed by atoms with Gasteiger partial charge in [0.05, 0.1) is 36.3 Å². The van der Waals surface area contributed by atoms with Gasteiger partial charge in [0.25, 0.3) is 0 Å². The lowest BCUT2D eigenvalue weighted by atomic mass is 10.1. The molecule has 3 rings (SSSR count). The maximum absolute atomic E-state index is 9.22. The van der Waals surface area contributed by atoms with Crippen LogP contribution in [0, 0.1) is 0 Å². The average molecular weight is 274 g/mol. The minimum atomic E-state index is -0.477. The Morgan fingerprint density at radius 2 is 2.45 bits per heavy atom. The van der Waals surface area contributed by atoms with E-state index in [1.54, 1.807) is 17.0 Å². The number of nitrogens with two attached hydrogens (primary N) is 1. The number of nitrogens with zero attached hydrogens (tertiary/aromatic N) is 5. The van der Waals surface area contributed by atoms with Gasteiger partial charge in [0.15, 0.2) is 0 Å². The maximum atomic E-state index is 9.22. The molecule has 0 bridgehead atoms. The Hall–Kier alpha value is -2.28. The van der Waals surface area contributed by atoms with Gasteiger partial charge in [-0.3, -0.25) is 0 Å². The van der Waals surface area contributed by atoms with Crippen molar-refractivity contribution < 1.29 is 9.84 Å². The number of rotatable bonds is 3. The molecule has 1 aliphatic rings. The van der Waals surface area contributed by atoms with E-state index in [1.165, 1.54) is 0 Å². The van der Waals surface area contributed by atoms with Crippen LogP contribution in [0.15, 0.2) is 29.6 Å². The molecular formula is C12H14N6O2. The molecule has 3 atom stereocenters. The van der Waals surface area contributed by atoms with Crippen molar-refractivity contribution in [1.82, 2.24) is 9.55 Å². The van der Waals surface area contributed by atoms with Gasteiger partial charge in [0, 0.05) is 4.91 Å². The highest BCUT2D eigenvalue weighted by Crippen LogP contribution is 2.34. The van der Waals surface area contributed by atoms with Crippen molar-refractivity contribution in [2.24, 2.45) is 5.11 Å². The Bertz CT molecular complexity index is 678. The zero-order valence-corrected chi connectivity index (χ0v) is 10.6. The van der Waals surface area contributed by atoms with Crippen molar-refractivity contribution in [2.45, 2.75) is 24.8 Å². The topological polar surface area (TPSA) is 122 Å². The van der Waals surface area contributed by atoms with Gasteiger partial charge in [-0.05, 0) is 24.1 Å². The molecule has 1 aliphatic heterocycles. The third kappa shape index (κ3) is 1.96. The molecule has 20 heavy (non-hydrogen) atoms. The van der Waals surface area contributed by atoms with E-state index in [4.69, 9.17) is 16.0 Å². The lowest BCUT2D eigenvalue weighted by Gasteiger charge is -2.17. The molecule has 104 valence electrons. The van der Waals surface area contributed by atoms with Crippen molar-refractivity contribution in [3.05, 3.63) is 35.0 Å². The average Bonchev–Trinajstić information content (AvgIpc) is 3.03. The second kappa shape index (κ2) is 5.01. The molecule has 1 aromatic carbocycles. The lowest BCUT2D eigenvalue weighted by Crippen LogP contribution is -2.17. The molecule has 0 spiro atoms. The van der Waals surface area contributed by atoms with Gasteiger partial charge in [0.2, 0.25) is 0 Å². The van der Waals surface area contributed by atoms with E-state index in [2.05, 4.69) is 15.0 Å². The third-order valence-electron chi connectivity index (χ3n) is 3.48. The van der Waals surface area contributed by atoms with E-state index in [-0.39, 0.29) is 18.8 Å². The number of hydrogen-bond acceptors (Lipinski definition) is 5. The summed E-state index contributed by atoms with van der Waals surface area (Å²) in [5.74, 6) is 0. The largest absolute Gasteiger partial charge is 0.397 e. The Kier molecular flexibility index (Phi) is 3.19. The second-order valence-electron chi connectivity index (χ2n) is 4.71. The summed E-state index contributed by atoms with van der Waals surface area (Å²) < 4.78 is 7.53. The normalized spacial score (nSPS) is 25.8. The summed E-state index contributed by atoms with van der Waals surface area (Å²) in [6, 6.07) is 5.10. The number of azide groups is 1. The first-order chi connectivity index (χ1) is 9.74. The number of aliphatic hydroxyl groups excluding tert-OH is 1. The van der Waals surface area contributed by atoms with Crippen LogP contribution >= 0.6 is 0 Å². The molecular weight excluding hydrogens is 260 g/mol. The van der Waals surface area contributed by atoms with Gasteiger partial charge in [-0.25, -0.2) is 4.98 Å². The number of benzene rings is 1. The van der Waals surface area contributed by atoms with Crippen LogP contribution in [0.2, 0.25) is 0 Å². The molecule has 2 aromatic rings. The molecule has 8 heteroatoms. The number of imidazole rings is 1. The predicted octanol–water partition coefficient (Wildman–Crippen LogP) is 1.58. The van der Waals surface area contributed by atoms with Crippen molar-refractivity contribution in [3.8, 4) is 0 Å². The minimum absolute atomic E-state index is 0.108. The van der Waals surface area contributed by atoms with Crippen LogP contribution < -0.4 is 5.73 Å². The van der Waals surface area contributed by atoms with Crippen molar-refractivity contribution in [1.29, 1.82) is 0 Å². The highest BCUT2D eigenvalue weighted by molar-refractivity contribution is 5.87. The van der Waals surface area contributed by atoms with Crippen LogP contribution in [0.3, 0.4) is 0 Å². The fraction of sp³-hybridized carbons (Fsp3) is 0.417. The quantitative estimate of drug-likeness (QED) is 0.381. The number of para-hydroxylation sites is 1. The molecule has 1 fully saturated rings. The zero-order valence-electron chi connectivity index (χ0n) is 10.6. The molecule has 0 amide bonds. The van der Waals surface area contributed by atoms with Crippen LogP contribution in [-0.4, -0.2) is 33.4 Å². The molecule has 0 radical (unpaired) electrons. The molecule has 0 unspecified atom stereocenters. The van der Waals surface area contributed by atoms with Gasteiger partial charge in [-0.15, -0.1) is 0 Å². The summed E-state index contributed by atoms with van der Waals surface area (Å²) in [6.07, 6.45) is 1.28. The zero-order chi connectivity index (χ0) is 14.1. The summed E-state index contributed by atoms with van der Waals surface area (Å²) in [7, 11) is 0. The van der Waals surface area contributed by atoms with Crippen molar-refractivity contribution >= 4 is 16.7 Å². The minimum Gasteiger partial charge on any atom is -0.397 e. The fourth-order valence-electron chi connectivity index (χ4n) is 2.55. The molecule has 3 N–H and O–H groups in total. The Labute approximate surface area is 114 Å². The number of ether oxygens (including phenoxy) is 1. The molecule has 8 nitrogen and oxygen atoms in total. The van der Waals surface area contributed by atoms with Crippen LogP contribution in [-0.2, 0) is 4.74 Å². The fourth-order valence-corrected chi connectivity index (χ4v) is 2.55. The third-order valence-corrected chi connectivity index (χ3v) is 3.48. The molecule has 1 saturated heterocycles. The van der Waals surface area contributed by atoms with Gasteiger partial charge in [0.1, 0.15) is 11.7 Å². The number of fused-ring (bicyclic) bond motifs is 1. The van der Waals surface area contributed by atoms with Gasteiger partial charge in [-0.1, -0.05) is 11.2 Å². The number of anilines is 1. The first-order valence-corrected chi connectivity index (χ1v) is 6.26. The summed E-state index contributed by atoms with van der Waals surface area (Å²) in [4.78, 5) is 7.12. The van der Waals surface area contributed by atoms with Crippen LogP contribution in [0.5, 0.6) is 0 Å². The van der Waals surface area contributed by atoms with E-state index in [0.29, 0.717) is 17.6 Å². The monoisotopic (exact) mass is 274 g/mol. The standard InChI is InChI=1S/C12H14N6O2/c13-8-2-1-3-10-11(8)15-6-18(10)12-9(16-17-14)4-7(5-19)20-12/h1-3,6-7,9,12,19H,4-5,13H2/t7-,9-,12+/m0/s1. The SMILES string of the molecule is [N-]=[N+]=N[C@H]1C[C@@H](CO)O[C@H]1n1cnc2c(N)cccc21. The first-order valence-electron chi connectivity index (χ1n) is 6.26. The number of nitrogen functional groups attached to an aromatic ring is 1. The molecule has 1 aromatic heterocycles.